The third-order valence-electron chi connectivity index (χ3n) is 5.44. The normalized spacial score (nSPS) is 13.7. The number of imide groups is 1. The van der Waals surface area contributed by atoms with E-state index in [-0.39, 0.29) is 18.1 Å². The largest absolute Gasteiger partial charge is 0.497 e. The molecule has 2 amide bonds. The van der Waals surface area contributed by atoms with Gasteiger partial charge < -0.3 is 10.1 Å². The Morgan fingerprint density at radius 3 is 2.44 bits per heavy atom. The van der Waals surface area contributed by atoms with Crippen LogP contribution in [-0.4, -0.2) is 23.8 Å². The van der Waals surface area contributed by atoms with Gasteiger partial charge in [-0.3, -0.25) is 14.5 Å². The van der Waals surface area contributed by atoms with Gasteiger partial charge in [0.05, 0.1) is 19.2 Å². The predicted molar refractivity (Wildman–Crippen MR) is 126 cm³/mol. The third kappa shape index (κ3) is 4.12. The summed E-state index contributed by atoms with van der Waals surface area (Å²) in [6.45, 7) is 4.02. The highest BCUT2D eigenvalue weighted by Crippen LogP contribution is 2.34. The van der Waals surface area contributed by atoms with Crippen LogP contribution in [0.2, 0.25) is 5.02 Å². The molecule has 1 aliphatic rings. The van der Waals surface area contributed by atoms with E-state index < -0.39 is 5.91 Å². The number of nitrogens with one attached hydrogen (secondary N) is 1. The molecule has 0 saturated heterocycles. The van der Waals surface area contributed by atoms with Crippen LogP contribution in [0.4, 0.5) is 5.69 Å². The maximum atomic E-state index is 13.5. The van der Waals surface area contributed by atoms with Crippen LogP contribution in [0.3, 0.4) is 0 Å². The van der Waals surface area contributed by atoms with E-state index >= 15 is 0 Å². The number of aryl methyl sites for hydroxylation is 2. The first-order chi connectivity index (χ1) is 15.4. The molecular formula is C26H23ClN2O3. The second-order valence-corrected chi connectivity index (χ2v) is 8.12. The van der Waals surface area contributed by atoms with Gasteiger partial charge >= 0.3 is 0 Å². The van der Waals surface area contributed by atoms with Crippen LogP contribution >= 0.6 is 11.6 Å². The average Bonchev–Trinajstić information content (AvgIpc) is 3.00. The van der Waals surface area contributed by atoms with Crippen molar-refractivity contribution in [2.45, 2.75) is 20.4 Å². The van der Waals surface area contributed by atoms with Crippen molar-refractivity contribution < 1.29 is 14.3 Å². The van der Waals surface area contributed by atoms with Crippen molar-refractivity contribution in [3.05, 3.63) is 99.7 Å². The van der Waals surface area contributed by atoms with Crippen molar-refractivity contribution in [2.75, 3.05) is 12.4 Å². The second-order valence-electron chi connectivity index (χ2n) is 7.71. The number of carbonyl (C=O) groups excluding carboxylic acids is 2. The molecule has 0 aromatic heterocycles. The molecule has 0 atom stereocenters. The number of nitrogens with zero attached hydrogens (tertiary/aromatic N) is 1. The molecule has 3 aromatic carbocycles. The van der Waals surface area contributed by atoms with Crippen molar-refractivity contribution in [3.8, 4) is 5.75 Å². The topological polar surface area (TPSA) is 58.6 Å². The molecular weight excluding hydrogens is 424 g/mol. The molecule has 5 nitrogen and oxygen atoms in total. The average molecular weight is 447 g/mol. The number of rotatable bonds is 6. The maximum absolute atomic E-state index is 13.5. The molecule has 1 heterocycles. The Morgan fingerprint density at radius 1 is 0.938 bits per heavy atom. The van der Waals surface area contributed by atoms with Crippen LogP contribution < -0.4 is 10.1 Å². The fourth-order valence-electron chi connectivity index (χ4n) is 3.82. The van der Waals surface area contributed by atoms with Crippen molar-refractivity contribution in [3.63, 3.8) is 0 Å². The molecule has 0 spiro atoms. The molecule has 32 heavy (non-hydrogen) atoms. The Bertz CT molecular complexity index is 1250. The Hall–Kier alpha value is -3.57. The number of carbonyl (C=O) groups is 2. The molecule has 162 valence electrons. The maximum Gasteiger partial charge on any atom is 0.278 e. The summed E-state index contributed by atoms with van der Waals surface area (Å²) in [6, 6.07) is 20.3. The monoisotopic (exact) mass is 446 g/mol. The number of methoxy groups -OCH3 is 1. The predicted octanol–water partition coefficient (Wildman–Crippen LogP) is 5.36. The van der Waals surface area contributed by atoms with Gasteiger partial charge in [0.15, 0.2) is 0 Å². The summed E-state index contributed by atoms with van der Waals surface area (Å²) in [7, 11) is 1.58. The fraction of sp³-hybridized carbons (Fsp3) is 0.154. The van der Waals surface area contributed by atoms with Crippen molar-refractivity contribution in [1.29, 1.82) is 0 Å². The van der Waals surface area contributed by atoms with Crippen LogP contribution in [0, 0.1) is 13.8 Å². The molecule has 0 bridgehead atoms. The zero-order chi connectivity index (χ0) is 22.8. The number of hydrogen-bond donors (Lipinski definition) is 1. The minimum absolute atomic E-state index is 0.0923. The lowest BCUT2D eigenvalue weighted by Crippen LogP contribution is -2.32. The summed E-state index contributed by atoms with van der Waals surface area (Å²) in [4.78, 5) is 28.2. The Balaban J connectivity index is 1.79. The summed E-state index contributed by atoms with van der Waals surface area (Å²) in [5, 5.41) is 3.68. The van der Waals surface area contributed by atoms with Crippen LogP contribution in [0.5, 0.6) is 5.75 Å². The molecule has 0 unspecified atom stereocenters. The van der Waals surface area contributed by atoms with E-state index in [0.29, 0.717) is 27.6 Å². The molecule has 4 rings (SSSR count). The summed E-state index contributed by atoms with van der Waals surface area (Å²) < 4.78 is 5.29. The number of anilines is 1. The highest BCUT2D eigenvalue weighted by Gasteiger charge is 2.40. The quantitative estimate of drug-likeness (QED) is 0.518. The number of ether oxygens (including phenoxy) is 1. The Labute approximate surface area is 192 Å². The summed E-state index contributed by atoms with van der Waals surface area (Å²) in [5.41, 5.74) is 4.68. The lowest BCUT2D eigenvalue weighted by atomic mass is 9.97. The number of benzene rings is 3. The van der Waals surface area contributed by atoms with E-state index in [1.54, 1.807) is 19.2 Å². The first kappa shape index (κ1) is 21.7. The molecule has 1 N–H and O–H groups in total. The first-order valence-corrected chi connectivity index (χ1v) is 10.6. The van der Waals surface area contributed by atoms with Gasteiger partial charge in [0.25, 0.3) is 11.8 Å². The van der Waals surface area contributed by atoms with Gasteiger partial charge in [-0.15, -0.1) is 0 Å². The van der Waals surface area contributed by atoms with Crippen molar-refractivity contribution in [1.82, 2.24) is 4.90 Å². The lowest BCUT2D eigenvalue weighted by molar-refractivity contribution is -0.137. The Morgan fingerprint density at radius 2 is 1.72 bits per heavy atom. The standard InChI is InChI=1S/C26H23ClN2O3/c1-16-11-12-21(17(2)13-16)23-24(28-19-8-6-9-20(14-19)32-3)26(31)29(25(23)30)15-18-7-4-5-10-22(18)27/h4-14,28H,15H2,1-3H3. The SMILES string of the molecule is COc1cccc(NC2=C(c3ccc(C)cc3C)C(=O)N(Cc3ccccc3Cl)C2=O)c1. The summed E-state index contributed by atoms with van der Waals surface area (Å²) >= 11 is 6.30. The van der Waals surface area contributed by atoms with E-state index in [0.717, 1.165) is 16.7 Å². The van der Waals surface area contributed by atoms with E-state index in [1.165, 1.54) is 4.90 Å². The third-order valence-corrected chi connectivity index (χ3v) is 5.81. The van der Waals surface area contributed by atoms with Crippen LogP contribution in [0.15, 0.2) is 72.4 Å². The Kier molecular flexibility index (Phi) is 6.01. The van der Waals surface area contributed by atoms with Crippen LogP contribution in [0.25, 0.3) is 5.57 Å². The van der Waals surface area contributed by atoms with E-state index in [9.17, 15) is 9.59 Å². The van der Waals surface area contributed by atoms with Gasteiger partial charge in [0.1, 0.15) is 11.4 Å². The summed E-state index contributed by atoms with van der Waals surface area (Å²) in [5.74, 6) is -0.103. The van der Waals surface area contributed by atoms with Gasteiger partial charge in [-0.2, -0.15) is 0 Å². The van der Waals surface area contributed by atoms with Crippen LogP contribution in [-0.2, 0) is 16.1 Å². The van der Waals surface area contributed by atoms with E-state index in [2.05, 4.69) is 5.32 Å². The highest BCUT2D eigenvalue weighted by atomic mass is 35.5. The molecule has 0 aliphatic carbocycles. The second kappa shape index (κ2) is 8.89. The van der Waals surface area contributed by atoms with Gasteiger partial charge in [0, 0.05) is 16.8 Å². The first-order valence-electron chi connectivity index (χ1n) is 10.2. The van der Waals surface area contributed by atoms with Crippen LogP contribution in [0.1, 0.15) is 22.3 Å². The number of amides is 2. The van der Waals surface area contributed by atoms with E-state index in [1.807, 2.05) is 68.4 Å². The number of hydrogen-bond acceptors (Lipinski definition) is 4. The van der Waals surface area contributed by atoms with Gasteiger partial charge in [-0.25, -0.2) is 0 Å². The lowest BCUT2D eigenvalue weighted by Gasteiger charge is -2.16. The van der Waals surface area contributed by atoms with Gasteiger partial charge in [-0.05, 0) is 48.7 Å². The zero-order valence-corrected chi connectivity index (χ0v) is 18.9. The minimum atomic E-state index is -0.396. The van der Waals surface area contributed by atoms with Gasteiger partial charge in [0.2, 0.25) is 0 Å². The fourth-order valence-corrected chi connectivity index (χ4v) is 4.02. The molecule has 0 radical (unpaired) electrons. The van der Waals surface area contributed by atoms with Gasteiger partial charge in [-0.1, -0.05) is 59.6 Å². The molecule has 3 aromatic rings. The molecule has 6 heteroatoms. The zero-order valence-electron chi connectivity index (χ0n) is 18.1. The van der Waals surface area contributed by atoms with Crippen molar-refractivity contribution in [2.24, 2.45) is 0 Å². The minimum Gasteiger partial charge on any atom is -0.497 e. The number of halogens is 1. The van der Waals surface area contributed by atoms with E-state index in [4.69, 9.17) is 16.3 Å². The molecule has 0 saturated carbocycles. The molecule has 0 fully saturated rings. The molecule has 1 aliphatic heterocycles. The highest BCUT2D eigenvalue weighted by molar-refractivity contribution is 6.37. The smallest absolute Gasteiger partial charge is 0.278 e. The summed E-state index contributed by atoms with van der Waals surface area (Å²) in [6.07, 6.45) is 0. The van der Waals surface area contributed by atoms with Crippen molar-refractivity contribution >= 4 is 34.7 Å².